The molecule has 0 saturated carbocycles. The number of hydrogen-bond acceptors (Lipinski definition) is 4. The first-order valence-corrected chi connectivity index (χ1v) is 8.32. The number of nitrogen functional groups attached to an aromatic ring is 1. The van der Waals surface area contributed by atoms with Crippen molar-refractivity contribution in [1.29, 1.82) is 0 Å². The molecule has 3 rings (SSSR count). The molecule has 0 aliphatic carbocycles. The molecular formula is C19H22N2O4. The van der Waals surface area contributed by atoms with Gasteiger partial charge in [0.15, 0.2) is 0 Å². The minimum Gasteiger partial charge on any atom is -0.490 e. The standard InChI is InChI=1S/C19H22N2O4/c20-15-3-1-2-14(12-15)13-24-16-4-6-17(7-5-16)25-18-8-10-21(11-9-18)19(22)23/h1-7,12,18H,8-11,13,20H2,(H,22,23). The summed E-state index contributed by atoms with van der Waals surface area (Å²) in [6.07, 6.45) is 0.606. The van der Waals surface area contributed by atoms with Crippen LogP contribution in [0.15, 0.2) is 48.5 Å². The first-order chi connectivity index (χ1) is 12.1. The molecule has 1 aliphatic heterocycles. The van der Waals surface area contributed by atoms with Gasteiger partial charge in [0, 0.05) is 31.6 Å². The van der Waals surface area contributed by atoms with Gasteiger partial charge < -0.3 is 25.2 Å². The third kappa shape index (κ3) is 4.79. The fourth-order valence-corrected chi connectivity index (χ4v) is 2.82. The molecule has 0 radical (unpaired) electrons. The van der Waals surface area contributed by atoms with E-state index in [0.717, 1.165) is 22.7 Å². The van der Waals surface area contributed by atoms with Crippen LogP contribution in [0.5, 0.6) is 11.5 Å². The molecule has 0 unspecified atom stereocenters. The van der Waals surface area contributed by atoms with Gasteiger partial charge in [0.05, 0.1) is 0 Å². The second-order valence-corrected chi connectivity index (χ2v) is 6.09. The number of carboxylic acid groups (broad SMARTS) is 1. The number of amides is 1. The number of likely N-dealkylation sites (tertiary alicyclic amines) is 1. The van der Waals surface area contributed by atoms with Crippen LogP contribution in [0.4, 0.5) is 10.5 Å². The molecule has 1 aliphatic rings. The average Bonchev–Trinajstić information content (AvgIpc) is 2.62. The SMILES string of the molecule is Nc1cccc(COc2ccc(OC3CCN(C(=O)O)CC3)cc2)c1. The maximum atomic E-state index is 10.9. The summed E-state index contributed by atoms with van der Waals surface area (Å²) in [6, 6.07) is 15.1. The van der Waals surface area contributed by atoms with Crippen LogP contribution >= 0.6 is 0 Å². The molecule has 2 aromatic rings. The lowest BCUT2D eigenvalue weighted by molar-refractivity contribution is 0.0894. The molecule has 1 heterocycles. The highest BCUT2D eigenvalue weighted by Crippen LogP contribution is 2.23. The average molecular weight is 342 g/mol. The predicted molar refractivity (Wildman–Crippen MR) is 94.9 cm³/mol. The van der Waals surface area contributed by atoms with Gasteiger partial charge in [-0.1, -0.05) is 12.1 Å². The lowest BCUT2D eigenvalue weighted by Gasteiger charge is -2.30. The zero-order valence-electron chi connectivity index (χ0n) is 13.9. The number of rotatable bonds is 5. The Morgan fingerprint density at radius 1 is 1.12 bits per heavy atom. The molecule has 6 nitrogen and oxygen atoms in total. The van der Waals surface area contributed by atoms with E-state index in [1.54, 1.807) is 0 Å². The molecule has 0 aromatic heterocycles. The fourth-order valence-electron chi connectivity index (χ4n) is 2.82. The molecule has 3 N–H and O–H groups in total. The molecule has 0 spiro atoms. The van der Waals surface area contributed by atoms with Crippen molar-refractivity contribution >= 4 is 11.8 Å². The minimum atomic E-state index is -0.861. The van der Waals surface area contributed by atoms with E-state index in [4.69, 9.17) is 20.3 Å². The van der Waals surface area contributed by atoms with E-state index in [2.05, 4.69) is 0 Å². The number of hydrogen-bond donors (Lipinski definition) is 2. The van der Waals surface area contributed by atoms with Crippen LogP contribution in [0, 0.1) is 0 Å². The van der Waals surface area contributed by atoms with Gasteiger partial charge in [-0.3, -0.25) is 0 Å². The van der Waals surface area contributed by atoms with Crippen LogP contribution in [-0.2, 0) is 6.61 Å². The van der Waals surface area contributed by atoms with Gasteiger partial charge in [-0.05, 0) is 42.0 Å². The van der Waals surface area contributed by atoms with E-state index in [0.29, 0.717) is 32.5 Å². The first kappa shape index (κ1) is 17.0. The minimum absolute atomic E-state index is 0.0506. The maximum absolute atomic E-state index is 10.9. The lowest BCUT2D eigenvalue weighted by Crippen LogP contribution is -2.41. The first-order valence-electron chi connectivity index (χ1n) is 8.32. The smallest absolute Gasteiger partial charge is 0.407 e. The molecule has 0 atom stereocenters. The van der Waals surface area contributed by atoms with Crippen molar-refractivity contribution in [3.63, 3.8) is 0 Å². The Morgan fingerprint density at radius 3 is 2.44 bits per heavy atom. The summed E-state index contributed by atoms with van der Waals surface area (Å²) in [5.41, 5.74) is 7.49. The Balaban J connectivity index is 1.48. The largest absolute Gasteiger partial charge is 0.490 e. The zero-order chi connectivity index (χ0) is 17.6. The third-order valence-corrected chi connectivity index (χ3v) is 4.20. The monoisotopic (exact) mass is 342 g/mol. The molecule has 1 amide bonds. The van der Waals surface area contributed by atoms with Gasteiger partial charge in [0.2, 0.25) is 0 Å². The molecule has 132 valence electrons. The lowest BCUT2D eigenvalue weighted by atomic mass is 10.1. The van der Waals surface area contributed by atoms with Crippen LogP contribution in [0.25, 0.3) is 0 Å². The van der Waals surface area contributed by atoms with Crippen molar-refractivity contribution < 1.29 is 19.4 Å². The van der Waals surface area contributed by atoms with Gasteiger partial charge in [-0.15, -0.1) is 0 Å². The van der Waals surface area contributed by atoms with Crippen molar-refractivity contribution in [3.8, 4) is 11.5 Å². The number of nitrogens with zero attached hydrogens (tertiary/aromatic N) is 1. The highest BCUT2D eigenvalue weighted by atomic mass is 16.5. The van der Waals surface area contributed by atoms with Crippen molar-refractivity contribution in [1.82, 2.24) is 4.90 Å². The van der Waals surface area contributed by atoms with Crippen molar-refractivity contribution in [2.24, 2.45) is 0 Å². The van der Waals surface area contributed by atoms with Crippen LogP contribution < -0.4 is 15.2 Å². The van der Waals surface area contributed by atoms with Crippen molar-refractivity contribution in [2.75, 3.05) is 18.8 Å². The van der Waals surface area contributed by atoms with Crippen LogP contribution in [0.2, 0.25) is 0 Å². The van der Waals surface area contributed by atoms with Gasteiger partial charge in [-0.2, -0.15) is 0 Å². The van der Waals surface area contributed by atoms with E-state index < -0.39 is 6.09 Å². The molecule has 2 aromatic carbocycles. The maximum Gasteiger partial charge on any atom is 0.407 e. The summed E-state index contributed by atoms with van der Waals surface area (Å²) in [4.78, 5) is 12.3. The highest BCUT2D eigenvalue weighted by molar-refractivity contribution is 5.65. The van der Waals surface area contributed by atoms with Gasteiger partial charge in [-0.25, -0.2) is 4.79 Å². The second kappa shape index (κ2) is 7.79. The highest BCUT2D eigenvalue weighted by Gasteiger charge is 2.23. The summed E-state index contributed by atoms with van der Waals surface area (Å²) in [7, 11) is 0. The number of benzene rings is 2. The number of ether oxygens (including phenoxy) is 2. The van der Waals surface area contributed by atoms with E-state index >= 15 is 0 Å². The Kier molecular flexibility index (Phi) is 5.28. The number of nitrogens with two attached hydrogens (primary N) is 1. The summed E-state index contributed by atoms with van der Waals surface area (Å²) in [5, 5.41) is 8.96. The van der Waals surface area contributed by atoms with Crippen LogP contribution in [-0.4, -0.2) is 35.3 Å². The van der Waals surface area contributed by atoms with E-state index in [-0.39, 0.29) is 6.10 Å². The van der Waals surface area contributed by atoms with E-state index in [1.807, 2.05) is 48.5 Å². The predicted octanol–water partition coefficient (Wildman–Crippen LogP) is 3.37. The normalized spacial score (nSPS) is 15.0. The summed E-state index contributed by atoms with van der Waals surface area (Å²) >= 11 is 0. The molecular weight excluding hydrogens is 320 g/mol. The fraction of sp³-hybridized carbons (Fsp3) is 0.316. The molecule has 0 bridgehead atoms. The van der Waals surface area contributed by atoms with Gasteiger partial charge >= 0.3 is 6.09 Å². The topological polar surface area (TPSA) is 85.0 Å². The Labute approximate surface area is 146 Å². The van der Waals surface area contributed by atoms with Crippen molar-refractivity contribution in [3.05, 3.63) is 54.1 Å². The Bertz CT molecular complexity index is 710. The number of piperidine rings is 1. The summed E-state index contributed by atoms with van der Waals surface area (Å²) < 4.78 is 11.7. The van der Waals surface area contributed by atoms with Crippen molar-refractivity contribution in [2.45, 2.75) is 25.6 Å². The van der Waals surface area contributed by atoms with Gasteiger partial charge in [0.25, 0.3) is 0 Å². The van der Waals surface area contributed by atoms with Crippen LogP contribution in [0.3, 0.4) is 0 Å². The van der Waals surface area contributed by atoms with Gasteiger partial charge in [0.1, 0.15) is 24.2 Å². The molecule has 25 heavy (non-hydrogen) atoms. The molecule has 1 saturated heterocycles. The summed E-state index contributed by atoms with van der Waals surface area (Å²) in [6.45, 7) is 1.49. The number of anilines is 1. The summed E-state index contributed by atoms with van der Waals surface area (Å²) in [5.74, 6) is 1.53. The molecule has 1 fully saturated rings. The Morgan fingerprint density at radius 2 is 1.80 bits per heavy atom. The van der Waals surface area contributed by atoms with Crippen LogP contribution in [0.1, 0.15) is 18.4 Å². The zero-order valence-corrected chi connectivity index (χ0v) is 13.9. The molecule has 6 heteroatoms. The van der Waals surface area contributed by atoms with E-state index in [1.165, 1.54) is 4.90 Å². The third-order valence-electron chi connectivity index (χ3n) is 4.20. The Hall–Kier alpha value is -2.89. The quantitative estimate of drug-likeness (QED) is 0.814. The second-order valence-electron chi connectivity index (χ2n) is 6.09. The number of carbonyl (C=O) groups is 1. The van der Waals surface area contributed by atoms with E-state index in [9.17, 15) is 4.79 Å².